The summed E-state index contributed by atoms with van der Waals surface area (Å²) in [6.07, 6.45) is 7.82. The van der Waals surface area contributed by atoms with Gasteiger partial charge in [-0.15, -0.1) is 11.3 Å². The normalized spacial score (nSPS) is 21.7. The van der Waals surface area contributed by atoms with Crippen molar-refractivity contribution < 1.29 is 9.53 Å². The largest absolute Gasteiger partial charge is 0.378 e. The minimum atomic E-state index is 0.0173. The second kappa shape index (κ2) is 7.05. The maximum atomic E-state index is 12.7. The average molecular weight is 382 g/mol. The molecule has 0 bridgehead atoms. The molecule has 1 amide bonds. The summed E-state index contributed by atoms with van der Waals surface area (Å²) >= 11 is 1.44. The number of hydrogen-bond acceptors (Lipinski definition) is 6. The number of hydrogen-bond donors (Lipinski definition) is 1. The minimum Gasteiger partial charge on any atom is -0.378 e. The Morgan fingerprint density at radius 1 is 1.33 bits per heavy atom. The van der Waals surface area contributed by atoms with E-state index in [0.29, 0.717) is 31.3 Å². The molecule has 0 spiro atoms. The van der Waals surface area contributed by atoms with Crippen LogP contribution in [0.15, 0.2) is 23.7 Å². The number of amides is 1. The predicted octanol–water partition coefficient (Wildman–Crippen LogP) is 3.14. The molecule has 3 aliphatic rings. The zero-order chi connectivity index (χ0) is 18.2. The van der Waals surface area contributed by atoms with E-state index in [1.165, 1.54) is 34.5 Å². The molecule has 4 heterocycles. The molecule has 1 saturated heterocycles. The summed E-state index contributed by atoms with van der Waals surface area (Å²) in [5, 5.41) is 5.99. The number of allylic oxidation sites excluding steroid dienone is 2. The van der Waals surface area contributed by atoms with E-state index in [1.807, 2.05) is 16.5 Å². The van der Waals surface area contributed by atoms with Crippen LogP contribution in [0.5, 0.6) is 0 Å². The number of aromatic nitrogens is 2. The fourth-order valence-corrected chi connectivity index (χ4v) is 4.86. The van der Waals surface area contributed by atoms with E-state index in [1.54, 1.807) is 0 Å². The van der Waals surface area contributed by atoms with Crippen LogP contribution in [0.25, 0.3) is 5.57 Å². The smallest absolute Gasteiger partial charge is 0.282 e. The van der Waals surface area contributed by atoms with Crippen molar-refractivity contribution in [2.75, 3.05) is 38.2 Å². The third-order valence-corrected chi connectivity index (χ3v) is 6.39. The molecule has 140 valence electrons. The number of nitrogens with one attached hydrogen (secondary N) is 1. The maximum Gasteiger partial charge on any atom is 0.282 e. The van der Waals surface area contributed by atoms with Crippen molar-refractivity contribution in [2.24, 2.45) is 0 Å². The lowest BCUT2D eigenvalue weighted by Crippen LogP contribution is -2.40. The van der Waals surface area contributed by atoms with E-state index in [4.69, 9.17) is 9.72 Å². The summed E-state index contributed by atoms with van der Waals surface area (Å²) in [5.74, 6) is 1.11. The molecule has 27 heavy (non-hydrogen) atoms. The Labute approximate surface area is 162 Å². The monoisotopic (exact) mass is 382 g/mol. The molecule has 0 aromatic carbocycles. The number of morpholine rings is 1. The van der Waals surface area contributed by atoms with Gasteiger partial charge in [0.2, 0.25) is 0 Å². The van der Waals surface area contributed by atoms with Crippen LogP contribution in [0.1, 0.15) is 51.8 Å². The Morgan fingerprint density at radius 3 is 3.04 bits per heavy atom. The molecule has 1 atom stereocenters. The summed E-state index contributed by atoms with van der Waals surface area (Å²) in [7, 11) is 0. The molecule has 2 aromatic rings. The van der Waals surface area contributed by atoms with Crippen LogP contribution < -0.4 is 5.32 Å². The first-order valence-corrected chi connectivity index (χ1v) is 10.4. The van der Waals surface area contributed by atoms with Gasteiger partial charge in [-0.25, -0.2) is 9.97 Å². The second-order valence-corrected chi connectivity index (χ2v) is 8.06. The topological polar surface area (TPSA) is 67.4 Å². The van der Waals surface area contributed by atoms with Crippen molar-refractivity contribution in [1.82, 2.24) is 14.9 Å². The number of fused-ring (bicyclic) bond motifs is 1. The third-order valence-electron chi connectivity index (χ3n) is 5.54. The van der Waals surface area contributed by atoms with E-state index in [2.05, 4.69) is 22.4 Å². The molecule has 1 unspecified atom stereocenters. The summed E-state index contributed by atoms with van der Waals surface area (Å²) < 4.78 is 5.33. The molecular weight excluding hydrogens is 360 g/mol. The molecule has 7 heteroatoms. The van der Waals surface area contributed by atoms with Crippen molar-refractivity contribution in [3.63, 3.8) is 0 Å². The number of anilines is 1. The minimum absolute atomic E-state index is 0.0173. The molecule has 1 fully saturated rings. The SMILES string of the molecule is O=C(c1nc(C2CNc3ncc(C4=CCCC4)cc32)cs1)N1CCOCC1. The number of carbonyl (C=O) groups is 1. The van der Waals surface area contributed by atoms with E-state index >= 15 is 0 Å². The van der Waals surface area contributed by atoms with Crippen LogP contribution in [0.2, 0.25) is 0 Å². The number of carbonyl (C=O) groups excluding carboxylic acids is 1. The van der Waals surface area contributed by atoms with Gasteiger partial charge < -0.3 is 15.0 Å². The first-order valence-electron chi connectivity index (χ1n) is 9.55. The van der Waals surface area contributed by atoms with Crippen LogP contribution >= 0.6 is 11.3 Å². The van der Waals surface area contributed by atoms with Gasteiger partial charge in [-0.3, -0.25) is 4.79 Å². The Morgan fingerprint density at radius 2 is 2.22 bits per heavy atom. The number of rotatable bonds is 3. The molecule has 0 saturated carbocycles. The standard InChI is InChI=1S/C20H22N4O2S/c25-20(24-5-7-26-8-6-24)19-23-17(12-27-19)16-11-22-18-15(16)9-14(10-21-18)13-3-1-2-4-13/h3,9-10,12,16H,1-2,4-8,11H2,(H,21,22). The Bertz CT molecular complexity index is 901. The van der Waals surface area contributed by atoms with Gasteiger partial charge >= 0.3 is 0 Å². The molecule has 2 aromatic heterocycles. The van der Waals surface area contributed by atoms with Gasteiger partial charge in [-0.05, 0) is 36.5 Å². The molecule has 0 radical (unpaired) electrons. The zero-order valence-corrected chi connectivity index (χ0v) is 15.9. The highest BCUT2D eigenvalue weighted by atomic mass is 32.1. The lowest BCUT2D eigenvalue weighted by Gasteiger charge is -2.25. The Hall–Kier alpha value is -2.25. The summed E-state index contributed by atoms with van der Waals surface area (Å²) in [4.78, 5) is 23.8. The molecule has 6 nitrogen and oxygen atoms in total. The number of thiazole rings is 1. The lowest BCUT2D eigenvalue weighted by atomic mass is 9.97. The molecule has 5 rings (SSSR count). The summed E-state index contributed by atoms with van der Waals surface area (Å²) in [5.41, 5.74) is 4.77. The van der Waals surface area contributed by atoms with Gasteiger partial charge in [0.25, 0.3) is 5.91 Å². The van der Waals surface area contributed by atoms with Crippen molar-refractivity contribution >= 4 is 28.6 Å². The van der Waals surface area contributed by atoms with Crippen LogP contribution in [-0.4, -0.2) is 53.6 Å². The molecule has 2 aliphatic heterocycles. The fraction of sp³-hybridized carbons (Fsp3) is 0.450. The Kier molecular flexibility index (Phi) is 4.41. The summed E-state index contributed by atoms with van der Waals surface area (Å²) in [6.45, 7) is 3.27. The van der Waals surface area contributed by atoms with E-state index in [0.717, 1.165) is 30.9 Å². The highest BCUT2D eigenvalue weighted by Gasteiger charge is 2.29. The number of ether oxygens (including phenoxy) is 1. The van der Waals surface area contributed by atoms with Crippen LogP contribution in [0, 0.1) is 0 Å². The van der Waals surface area contributed by atoms with Gasteiger partial charge in [-0.1, -0.05) is 6.08 Å². The molecule has 1 N–H and O–H groups in total. The Balaban J connectivity index is 1.40. The lowest BCUT2D eigenvalue weighted by molar-refractivity contribution is 0.0302. The molecular formula is C20H22N4O2S. The van der Waals surface area contributed by atoms with Gasteiger partial charge in [0.15, 0.2) is 5.01 Å². The van der Waals surface area contributed by atoms with E-state index < -0.39 is 0 Å². The van der Waals surface area contributed by atoms with Crippen molar-refractivity contribution in [1.29, 1.82) is 0 Å². The predicted molar refractivity (Wildman–Crippen MR) is 105 cm³/mol. The highest BCUT2D eigenvalue weighted by molar-refractivity contribution is 7.11. The third kappa shape index (κ3) is 3.15. The summed E-state index contributed by atoms with van der Waals surface area (Å²) in [6, 6.07) is 2.26. The average Bonchev–Trinajstić information content (AvgIpc) is 3.47. The van der Waals surface area contributed by atoms with Gasteiger partial charge in [0, 0.05) is 42.7 Å². The highest BCUT2D eigenvalue weighted by Crippen LogP contribution is 2.38. The van der Waals surface area contributed by atoms with Gasteiger partial charge in [0.05, 0.1) is 18.9 Å². The quantitative estimate of drug-likeness (QED) is 0.883. The van der Waals surface area contributed by atoms with Crippen molar-refractivity contribution in [3.05, 3.63) is 45.5 Å². The van der Waals surface area contributed by atoms with Gasteiger partial charge in [0.1, 0.15) is 5.82 Å². The van der Waals surface area contributed by atoms with Crippen molar-refractivity contribution in [3.8, 4) is 0 Å². The first kappa shape index (κ1) is 16.9. The number of nitrogens with zero attached hydrogens (tertiary/aromatic N) is 3. The van der Waals surface area contributed by atoms with Crippen molar-refractivity contribution in [2.45, 2.75) is 25.2 Å². The van der Waals surface area contributed by atoms with Crippen LogP contribution in [-0.2, 0) is 4.74 Å². The van der Waals surface area contributed by atoms with E-state index in [9.17, 15) is 4.79 Å². The second-order valence-electron chi connectivity index (χ2n) is 7.20. The fourth-order valence-electron chi connectivity index (χ4n) is 4.02. The first-order chi connectivity index (χ1) is 13.3. The maximum absolute atomic E-state index is 12.7. The number of pyridine rings is 1. The van der Waals surface area contributed by atoms with Gasteiger partial charge in [-0.2, -0.15) is 0 Å². The molecule has 1 aliphatic carbocycles. The van der Waals surface area contributed by atoms with Crippen LogP contribution in [0.3, 0.4) is 0 Å². The van der Waals surface area contributed by atoms with Crippen LogP contribution in [0.4, 0.5) is 5.82 Å². The van der Waals surface area contributed by atoms with E-state index in [-0.39, 0.29) is 11.8 Å². The zero-order valence-electron chi connectivity index (χ0n) is 15.1.